The maximum absolute atomic E-state index is 12.5. The molecule has 0 aromatic rings. The van der Waals surface area contributed by atoms with Crippen molar-refractivity contribution in [1.29, 1.82) is 0 Å². The van der Waals surface area contributed by atoms with Gasteiger partial charge in [-0.05, 0) is 89.9 Å². The van der Waals surface area contributed by atoms with E-state index in [4.69, 9.17) is 4.74 Å². The Morgan fingerprint density at radius 1 is 0.350 bits per heavy atom. The van der Waals surface area contributed by atoms with Gasteiger partial charge in [-0.1, -0.05) is 332 Å². The fraction of sp³-hybridized carbons (Fsp3) is 0.865. The smallest absolute Gasteiger partial charge is 0.305 e. The first kappa shape index (κ1) is 77.8. The summed E-state index contributed by atoms with van der Waals surface area (Å²) in [6, 6.07) is -0.637. The molecule has 0 saturated carbocycles. The number of rotatable bonds is 67. The van der Waals surface area contributed by atoms with E-state index in [2.05, 4.69) is 55.6 Å². The van der Waals surface area contributed by atoms with Gasteiger partial charge in [0, 0.05) is 12.8 Å². The molecule has 0 aromatic heterocycles. The van der Waals surface area contributed by atoms with E-state index >= 15 is 0 Å². The average molecular weight is 1120 g/mol. The van der Waals surface area contributed by atoms with Crippen LogP contribution in [0.5, 0.6) is 0 Å². The van der Waals surface area contributed by atoms with E-state index in [-0.39, 0.29) is 18.5 Å². The fourth-order valence-corrected chi connectivity index (χ4v) is 11.1. The van der Waals surface area contributed by atoms with Crippen molar-refractivity contribution in [3.8, 4) is 0 Å². The average Bonchev–Trinajstić information content (AvgIpc) is 3.46. The number of hydrogen-bond acceptors (Lipinski definition) is 5. The second-order valence-corrected chi connectivity index (χ2v) is 24.6. The topological polar surface area (TPSA) is 95.9 Å². The Kier molecular flexibility index (Phi) is 67.4. The number of unbranched alkanes of at least 4 members (excludes halogenated alkanes) is 50. The van der Waals surface area contributed by atoms with Crippen molar-refractivity contribution in [2.24, 2.45) is 0 Å². The lowest BCUT2D eigenvalue weighted by Gasteiger charge is -2.20. The van der Waals surface area contributed by atoms with Crippen molar-refractivity contribution in [2.75, 3.05) is 13.2 Å². The number of aliphatic hydroxyl groups excluding tert-OH is 2. The summed E-state index contributed by atoms with van der Waals surface area (Å²) < 4.78 is 5.50. The first-order valence-electron chi connectivity index (χ1n) is 35.9. The molecule has 0 heterocycles. The summed E-state index contributed by atoms with van der Waals surface area (Å²) in [5.41, 5.74) is 0. The summed E-state index contributed by atoms with van der Waals surface area (Å²) in [4.78, 5) is 24.6. The highest BCUT2D eigenvalue weighted by Gasteiger charge is 2.18. The van der Waals surface area contributed by atoms with Crippen LogP contribution >= 0.6 is 0 Å². The third-order valence-electron chi connectivity index (χ3n) is 16.6. The van der Waals surface area contributed by atoms with Gasteiger partial charge in [0.25, 0.3) is 0 Å². The van der Waals surface area contributed by atoms with E-state index in [1.165, 1.54) is 302 Å². The molecule has 6 nitrogen and oxygen atoms in total. The number of hydrogen-bond donors (Lipinski definition) is 3. The molecule has 0 spiro atoms. The molecule has 0 saturated heterocycles. The van der Waals surface area contributed by atoms with Gasteiger partial charge in [-0.2, -0.15) is 0 Å². The van der Waals surface area contributed by atoms with Gasteiger partial charge in [-0.15, -0.1) is 0 Å². The highest BCUT2D eigenvalue weighted by molar-refractivity contribution is 5.76. The molecule has 470 valence electrons. The number of amides is 1. The Morgan fingerprint density at radius 3 is 0.988 bits per heavy atom. The Morgan fingerprint density at radius 2 is 0.625 bits per heavy atom. The quantitative estimate of drug-likeness (QED) is 0.0320. The molecule has 0 aliphatic carbocycles. The van der Waals surface area contributed by atoms with Gasteiger partial charge in [-0.3, -0.25) is 9.59 Å². The second-order valence-electron chi connectivity index (χ2n) is 24.6. The van der Waals surface area contributed by atoms with Crippen LogP contribution in [-0.2, 0) is 14.3 Å². The Hall–Kier alpha value is -2.18. The number of nitrogens with one attached hydrogen (secondary N) is 1. The minimum absolute atomic E-state index is 0.00224. The van der Waals surface area contributed by atoms with Crippen molar-refractivity contribution in [2.45, 2.75) is 398 Å². The van der Waals surface area contributed by atoms with Gasteiger partial charge in [-0.25, -0.2) is 0 Å². The second kappa shape index (κ2) is 69.3. The van der Waals surface area contributed by atoms with Crippen LogP contribution in [0.25, 0.3) is 0 Å². The minimum atomic E-state index is -0.853. The van der Waals surface area contributed by atoms with Gasteiger partial charge in [0.1, 0.15) is 0 Å². The molecule has 0 bridgehead atoms. The fourth-order valence-electron chi connectivity index (χ4n) is 11.1. The van der Waals surface area contributed by atoms with Crippen molar-refractivity contribution in [3.05, 3.63) is 48.6 Å². The lowest BCUT2D eigenvalue weighted by molar-refractivity contribution is -0.143. The van der Waals surface area contributed by atoms with E-state index in [9.17, 15) is 19.8 Å². The third kappa shape index (κ3) is 65.0. The van der Waals surface area contributed by atoms with Gasteiger partial charge < -0.3 is 20.3 Å². The molecule has 2 atom stereocenters. The number of ether oxygens (including phenoxy) is 1. The minimum Gasteiger partial charge on any atom is -0.466 e. The zero-order chi connectivity index (χ0) is 57.8. The monoisotopic (exact) mass is 1120 g/mol. The molecule has 0 fully saturated rings. The van der Waals surface area contributed by atoms with Crippen LogP contribution in [0, 0.1) is 0 Å². The van der Waals surface area contributed by atoms with Crippen LogP contribution in [0.2, 0.25) is 0 Å². The number of carbonyl (C=O) groups excluding carboxylic acids is 2. The number of esters is 1. The van der Waals surface area contributed by atoms with Gasteiger partial charge in [0.05, 0.1) is 25.4 Å². The molecule has 0 aliphatic rings. The summed E-state index contributed by atoms with van der Waals surface area (Å²) in [5, 5.41) is 23.3. The SMILES string of the molecule is CCCCC/C=C\C/C=C\CCCCCCCCCCCC(=O)OCCCCCCCCCCC/C=C\CCCCCCCCCC(=O)NC(CO)C(O)/C=C/CCCCCCCCCCCCCCCCCCCCCCCC. The molecule has 2 unspecified atom stereocenters. The molecular weight excluding hydrogens is 983 g/mol. The molecule has 0 aliphatic heterocycles. The predicted molar refractivity (Wildman–Crippen MR) is 352 cm³/mol. The first-order valence-corrected chi connectivity index (χ1v) is 35.9. The number of allylic oxidation sites excluding steroid dienone is 7. The summed E-state index contributed by atoms with van der Waals surface area (Å²) >= 11 is 0. The van der Waals surface area contributed by atoms with E-state index in [1.807, 2.05) is 6.08 Å². The van der Waals surface area contributed by atoms with E-state index < -0.39 is 12.1 Å². The molecule has 0 aromatic carbocycles. The zero-order valence-electron chi connectivity index (χ0n) is 53.8. The highest BCUT2D eigenvalue weighted by atomic mass is 16.5. The zero-order valence-corrected chi connectivity index (χ0v) is 53.8. The summed E-state index contributed by atoms with van der Waals surface area (Å²) in [6.45, 7) is 4.90. The largest absolute Gasteiger partial charge is 0.466 e. The van der Waals surface area contributed by atoms with Gasteiger partial charge in [0.2, 0.25) is 5.91 Å². The van der Waals surface area contributed by atoms with Crippen LogP contribution in [-0.4, -0.2) is 47.4 Å². The van der Waals surface area contributed by atoms with Crippen molar-refractivity contribution in [1.82, 2.24) is 5.32 Å². The molecule has 80 heavy (non-hydrogen) atoms. The van der Waals surface area contributed by atoms with Crippen LogP contribution in [0.15, 0.2) is 48.6 Å². The first-order chi connectivity index (χ1) is 39.5. The lowest BCUT2D eigenvalue weighted by Crippen LogP contribution is -2.45. The van der Waals surface area contributed by atoms with Crippen molar-refractivity contribution < 1.29 is 24.5 Å². The Balaban J connectivity index is 3.45. The van der Waals surface area contributed by atoms with Gasteiger partial charge >= 0.3 is 5.97 Å². The van der Waals surface area contributed by atoms with Crippen molar-refractivity contribution >= 4 is 11.9 Å². The van der Waals surface area contributed by atoms with Crippen LogP contribution in [0.4, 0.5) is 0 Å². The highest BCUT2D eigenvalue weighted by Crippen LogP contribution is 2.18. The van der Waals surface area contributed by atoms with Crippen LogP contribution < -0.4 is 5.32 Å². The molecule has 1 amide bonds. The number of aliphatic hydroxyl groups is 2. The standard InChI is InChI=1S/C74H139NO5/c1-3-5-7-9-11-13-15-17-19-21-23-24-25-26-27-31-34-38-42-46-50-54-58-62-66-72(77)71(70-76)75-73(78)67-63-59-55-51-47-43-39-35-32-28-29-33-37-41-45-49-53-57-61-65-69-80-74(79)68-64-60-56-52-48-44-40-36-30-22-20-18-16-14-12-10-8-6-4-2/h12,14,18,20,28,32,62,66,71-72,76-77H,3-11,13,15-17,19,21-27,29-31,33-61,63-65,67-70H2,1-2H3,(H,75,78)/b14-12-,20-18-,32-28-,66-62+. The molecule has 6 heteroatoms. The normalized spacial score (nSPS) is 12.8. The summed E-state index contributed by atoms with van der Waals surface area (Å²) in [6.07, 6.45) is 90.4. The maximum Gasteiger partial charge on any atom is 0.305 e. The predicted octanol–water partition coefficient (Wildman–Crippen LogP) is 23.3. The maximum atomic E-state index is 12.5. The Bertz CT molecular complexity index is 1340. The molecule has 0 radical (unpaired) electrons. The lowest BCUT2D eigenvalue weighted by atomic mass is 10.0. The van der Waals surface area contributed by atoms with Crippen molar-refractivity contribution in [3.63, 3.8) is 0 Å². The summed E-state index contributed by atoms with van der Waals surface area (Å²) in [5.74, 6) is -0.0710. The summed E-state index contributed by atoms with van der Waals surface area (Å²) in [7, 11) is 0. The molecule has 0 rings (SSSR count). The molecule has 3 N–H and O–H groups in total. The third-order valence-corrected chi connectivity index (χ3v) is 16.6. The van der Waals surface area contributed by atoms with Gasteiger partial charge in [0.15, 0.2) is 0 Å². The van der Waals surface area contributed by atoms with Crippen LogP contribution in [0.3, 0.4) is 0 Å². The van der Waals surface area contributed by atoms with E-state index in [0.717, 1.165) is 57.8 Å². The Labute approximate surface area is 499 Å². The molecular formula is C74H139NO5. The van der Waals surface area contributed by atoms with E-state index in [0.29, 0.717) is 19.4 Å². The van der Waals surface area contributed by atoms with Crippen LogP contribution in [0.1, 0.15) is 386 Å². The van der Waals surface area contributed by atoms with E-state index in [1.54, 1.807) is 6.08 Å². The number of carbonyl (C=O) groups is 2.